The number of rotatable bonds is 5. The summed E-state index contributed by atoms with van der Waals surface area (Å²) in [7, 11) is 0. The number of benzene rings is 11. The Kier molecular flexibility index (Phi) is 7.91. The van der Waals surface area contributed by atoms with Crippen molar-refractivity contribution in [2.75, 3.05) is 0 Å². The molecule has 14 aromatic rings. The molecule has 0 aliphatic heterocycles. The molecule has 0 atom stereocenters. The lowest BCUT2D eigenvalue weighted by molar-refractivity contribution is 0.670. The summed E-state index contributed by atoms with van der Waals surface area (Å²) in [5.74, 6) is 1.74. The van der Waals surface area contributed by atoms with Gasteiger partial charge in [-0.1, -0.05) is 164 Å². The molecule has 0 radical (unpaired) electrons. The molecule has 66 heavy (non-hydrogen) atoms. The predicted molar refractivity (Wildman–Crippen MR) is 273 cm³/mol. The molecule has 11 aromatic carbocycles. The Balaban J connectivity index is 0.999. The van der Waals surface area contributed by atoms with Gasteiger partial charge in [-0.2, -0.15) is 0 Å². The van der Waals surface area contributed by atoms with Gasteiger partial charge < -0.3 is 8.98 Å². The van der Waals surface area contributed by atoms with Gasteiger partial charge in [0.05, 0.1) is 16.6 Å². The number of hydrogen-bond acceptors (Lipinski definition) is 4. The smallest absolute Gasteiger partial charge is 0.167 e. The molecule has 0 fully saturated rings. The largest absolute Gasteiger partial charge is 0.455 e. The number of furan rings is 1. The first kappa shape index (κ1) is 36.5. The van der Waals surface area contributed by atoms with Crippen molar-refractivity contribution in [3.63, 3.8) is 0 Å². The third-order valence-corrected chi connectivity index (χ3v) is 13.4. The molecule has 3 aromatic heterocycles. The summed E-state index contributed by atoms with van der Waals surface area (Å²) in [5, 5.41) is 13.8. The zero-order valence-corrected chi connectivity index (χ0v) is 35.5. The Morgan fingerprint density at radius 2 is 0.955 bits per heavy atom. The van der Waals surface area contributed by atoms with Crippen LogP contribution in [0.5, 0.6) is 0 Å². The fourth-order valence-electron chi connectivity index (χ4n) is 10.3. The molecule has 5 heteroatoms. The minimum atomic E-state index is 0.546. The monoisotopic (exact) mass is 840 g/mol. The molecule has 14 rings (SSSR count). The molecule has 0 bridgehead atoms. The van der Waals surface area contributed by atoms with E-state index < -0.39 is 0 Å². The third-order valence-electron chi connectivity index (χ3n) is 13.4. The van der Waals surface area contributed by atoms with Gasteiger partial charge in [0.25, 0.3) is 0 Å². The minimum Gasteiger partial charge on any atom is -0.455 e. The van der Waals surface area contributed by atoms with E-state index in [0.29, 0.717) is 17.5 Å². The van der Waals surface area contributed by atoms with Gasteiger partial charge >= 0.3 is 0 Å². The molecule has 3 heterocycles. The van der Waals surface area contributed by atoms with Crippen LogP contribution in [-0.4, -0.2) is 19.5 Å². The van der Waals surface area contributed by atoms with Gasteiger partial charge in [0.2, 0.25) is 0 Å². The van der Waals surface area contributed by atoms with Gasteiger partial charge in [-0.05, 0) is 109 Å². The highest BCUT2D eigenvalue weighted by Gasteiger charge is 2.21. The lowest BCUT2D eigenvalue weighted by Crippen LogP contribution is -2.01. The van der Waals surface area contributed by atoms with Crippen molar-refractivity contribution in [1.29, 1.82) is 0 Å². The molecule has 0 aliphatic rings. The quantitative estimate of drug-likeness (QED) is 0.162. The minimum absolute atomic E-state index is 0.546. The first-order valence-corrected chi connectivity index (χ1v) is 22.3. The van der Waals surface area contributed by atoms with Crippen molar-refractivity contribution in [3.8, 4) is 51.0 Å². The van der Waals surface area contributed by atoms with E-state index in [1.807, 2.05) is 6.07 Å². The van der Waals surface area contributed by atoms with Crippen LogP contribution in [-0.2, 0) is 0 Å². The van der Waals surface area contributed by atoms with Crippen molar-refractivity contribution in [1.82, 2.24) is 19.5 Å². The number of hydrogen-bond donors (Lipinski definition) is 0. The fraction of sp³-hybridized carbons (Fsp3) is 0. The summed E-state index contributed by atoms with van der Waals surface area (Å²) in [5.41, 5.74) is 9.85. The molecule has 0 spiro atoms. The van der Waals surface area contributed by atoms with Crippen molar-refractivity contribution in [2.24, 2.45) is 0 Å². The molecule has 0 N–H and O–H groups in total. The fourth-order valence-corrected chi connectivity index (χ4v) is 10.3. The van der Waals surface area contributed by atoms with Crippen LogP contribution in [0, 0.1) is 0 Å². The number of fused-ring (bicyclic) bond motifs is 12. The highest BCUT2D eigenvalue weighted by Crippen LogP contribution is 2.42. The maximum absolute atomic E-state index is 6.95. The van der Waals surface area contributed by atoms with Crippen LogP contribution in [0.1, 0.15) is 0 Å². The molecule has 0 unspecified atom stereocenters. The van der Waals surface area contributed by atoms with Crippen LogP contribution in [0.4, 0.5) is 0 Å². The number of para-hydroxylation sites is 2. The molecular formula is C61H36N4O. The molecule has 0 saturated carbocycles. The average molecular weight is 841 g/mol. The van der Waals surface area contributed by atoms with Crippen LogP contribution in [0.3, 0.4) is 0 Å². The zero-order valence-electron chi connectivity index (χ0n) is 35.5. The summed E-state index contributed by atoms with van der Waals surface area (Å²) < 4.78 is 9.36. The molecule has 5 nitrogen and oxygen atoms in total. The molecular weight excluding hydrogens is 805 g/mol. The highest BCUT2D eigenvalue weighted by atomic mass is 16.3. The second kappa shape index (κ2) is 14.3. The molecule has 0 amide bonds. The van der Waals surface area contributed by atoms with E-state index in [4.69, 9.17) is 19.4 Å². The van der Waals surface area contributed by atoms with Crippen LogP contribution >= 0.6 is 0 Å². The Labute approximate surface area is 378 Å². The maximum atomic E-state index is 6.95. The van der Waals surface area contributed by atoms with E-state index in [9.17, 15) is 0 Å². The number of aromatic nitrogens is 4. The lowest BCUT2D eigenvalue weighted by Gasteiger charge is -2.13. The van der Waals surface area contributed by atoms with Crippen LogP contribution in [0.15, 0.2) is 223 Å². The SMILES string of the molecule is c1ccc(-c2cccc(-c3nc(-c4cc5ccccc5c5ccccc45)nc(-c4cccc5c4oc4ccc6ccc(-n7c8ccccc8c8cc9ccccc9cc87)cc6c45)n3)c2)cc1. The van der Waals surface area contributed by atoms with Crippen LogP contribution in [0.2, 0.25) is 0 Å². The van der Waals surface area contributed by atoms with Gasteiger partial charge in [0, 0.05) is 38.4 Å². The topological polar surface area (TPSA) is 56.7 Å². The van der Waals surface area contributed by atoms with Crippen molar-refractivity contribution < 1.29 is 4.42 Å². The van der Waals surface area contributed by atoms with Crippen molar-refractivity contribution in [3.05, 3.63) is 218 Å². The second-order valence-corrected chi connectivity index (χ2v) is 17.1. The second-order valence-electron chi connectivity index (χ2n) is 17.1. The van der Waals surface area contributed by atoms with E-state index in [0.717, 1.165) is 82.4 Å². The Hall–Kier alpha value is -8.93. The Bertz CT molecular complexity index is 4300. The van der Waals surface area contributed by atoms with Gasteiger partial charge in [-0.3, -0.25) is 0 Å². The summed E-state index contributed by atoms with van der Waals surface area (Å²) in [6.45, 7) is 0. The van der Waals surface area contributed by atoms with Gasteiger partial charge in [-0.15, -0.1) is 0 Å². The zero-order chi connectivity index (χ0) is 43.3. The van der Waals surface area contributed by atoms with Crippen LogP contribution < -0.4 is 0 Å². The average Bonchev–Trinajstić information content (AvgIpc) is 3.93. The van der Waals surface area contributed by atoms with Gasteiger partial charge in [-0.25, -0.2) is 15.0 Å². The summed E-state index contributed by atoms with van der Waals surface area (Å²) in [4.78, 5) is 16.0. The Morgan fingerprint density at radius 3 is 1.82 bits per heavy atom. The van der Waals surface area contributed by atoms with Gasteiger partial charge in [0.1, 0.15) is 11.2 Å². The molecule has 306 valence electrons. The third kappa shape index (κ3) is 5.63. The van der Waals surface area contributed by atoms with Crippen molar-refractivity contribution in [2.45, 2.75) is 0 Å². The van der Waals surface area contributed by atoms with Crippen molar-refractivity contribution >= 4 is 86.8 Å². The summed E-state index contributed by atoms with van der Waals surface area (Å²) in [6, 6.07) is 77.5. The standard InChI is InChI=1S/C61H36N4O/c1-2-14-37(15-3-1)39-19-12-20-43(32-39)59-62-60(64-61(63-59)53-34-42-18-6-7-21-45(42)46-22-8-9-23-47(46)53)50-26-13-25-49-57-51-36-44(30-28-38(51)29-31-56(57)66-58(49)50)65-54-27-11-10-24-48(54)52-33-40-16-4-5-17-41(40)35-55(52)65/h1-36H. The Morgan fingerprint density at radius 1 is 0.318 bits per heavy atom. The van der Waals surface area contributed by atoms with Gasteiger partial charge in [0.15, 0.2) is 17.5 Å². The first-order valence-electron chi connectivity index (χ1n) is 22.3. The number of nitrogens with zero attached hydrogens (tertiary/aromatic N) is 4. The summed E-state index contributed by atoms with van der Waals surface area (Å²) in [6.07, 6.45) is 0. The van der Waals surface area contributed by atoms with Crippen LogP contribution in [0.25, 0.3) is 138 Å². The summed E-state index contributed by atoms with van der Waals surface area (Å²) >= 11 is 0. The molecule has 0 saturated heterocycles. The van der Waals surface area contributed by atoms with E-state index in [1.165, 1.54) is 38.0 Å². The van der Waals surface area contributed by atoms with E-state index in [2.05, 4.69) is 217 Å². The van der Waals surface area contributed by atoms with E-state index >= 15 is 0 Å². The normalized spacial score (nSPS) is 11.9. The maximum Gasteiger partial charge on any atom is 0.167 e. The first-order chi connectivity index (χ1) is 32.7. The van der Waals surface area contributed by atoms with E-state index in [1.54, 1.807) is 0 Å². The van der Waals surface area contributed by atoms with E-state index in [-0.39, 0.29) is 0 Å². The lowest BCUT2D eigenvalue weighted by atomic mass is 9.96. The predicted octanol–water partition coefficient (Wildman–Crippen LogP) is 16.1. The molecule has 0 aliphatic carbocycles. The highest BCUT2D eigenvalue weighted by molar-refractivity contribution is 6.21.